The molecule has 3 aromatic rings. The molecule has 0 radical (unpaired) electrons. The highest BCUT2D eigenvalue weighted by Gasteiger charge is 2.43. The van der Waals surface area contributed by atoms with Crippen LogP contribution in [0.1, 0.15) is 110 Å². The number of methoxy groups -OCH3 is 2. The number of carbonyl (C=O) groups is 4. The fraction of sp³-hybridized carbons (Fsp3) is 0.531. The Balaban J connectivity index is 1.13. The van der Waals surface area contributed by atoms with Gasteiger partial charge in [-0.05, 0) is 103 Å². The number of nitrogens with zero attached hydrogens (tertiary/aromatic N) is 4. The number of hydrogen-bond acceptors (Lipinski definition) is 9. The molecule has 6 rings (SSSR count). The lowest BCUT2D eigenvalue weighted by Crippen LogP contribution is -2.56. The van der Waals surface area contributed by atoms with Crippen LogP contribution in [0.4, 0.5) is 26.2 Å². The molecule has 3 aliphatic heterocycles. The zero-order valence-electron chi connectivity index (χ0n) is 38.4. The first-order valence-corrected chi connectivity index (χ1v) is 22.2. The molecule has 340 valence electrons. The van der Waals surface area contributed by atoms with Crippen LogP contribution in [0, 0.1) is 16.6 Å². The third kappa shape index (κ3) is 11.1. The molecule has 3 saturated heterocycles. The highest BCUT2D eigenvalue weighted by molar-refractivity contribution is 5.98. The van der Waals surface area contributed by atoms with Gasteiger partial charge in [-0.3, -0.25) is 14.4 Å². The maximum atomic E-state index is 14.8. The highest BCUT2D eigenvalue weighted by Crippen LogP contribution is 2.47. The number of ether oxygens (including phenoxy) is 2. The minimum atomic E-state index is -0.717. The first-order chi connectivity index (χ1) is 29.9. The molecular weight excluding hydrogens is 802 g/mol. The molecule has 6 unspecified atom stereocenters. The van der Waals surface area contributed by atoms with E-state index in [0.29, 0.717) is 37.6 Å². The first kappa shape index (κ1) is 46.8. The topological polar surface area (TPSA) is 145 Å². The van der Waals surface area contributed by atoms with Crippen molar-refractivity contribution in [3.8, 4) is 0 Å². The summed E-state index contributed by atoms with van der Waals surface area (Å²) in [6.07, 6.45) is 4.08. The summed E-state index contributed by atoms with van der Waals surface area (Å²) >= 11 is 0. The molecule has 3 N–H and O–H groups in total. The fourth-order valence-corrected chi connectivity index (χ4v) is 9.18. The van der Waals surface area contributed by atoms with Gasteiger partial charge >= 0.3 is 6.09 Å². The van der Waals surface area contributed by atoms with E-state index in [2.05, 4.69) is 50.1 Å². The smallest absolute Gasteiger partial charge is 0.407 e. The van der Waals surface area contributed by atoms with Gasteiger partial charge in [0.1, 0.15) is 23.9 Å². The van der Waals surface area contributed by atoms with Crippen molar-refractivity contribution in [1.29, 1.82) is 0 Å². The zero-order valence-corrected chi connectivity index (χ0v) is 38.4. The lowest BCUT2D eigenvalue weighted by Gasteiger charge is -2.35. The van der Waals surface area contributed by atoms with E-state index in [1.54, 1.807) is 24.0 Å². The summed E-state index contributed by atoms with van der Waals surface area (Å²) in [7, 11) is 2.82. The van der Waals surface area contributed by atoms with E-state index in [9.17, 15) is 23.6 Å². The molecule has 6 atom stereocenters. The predicted molar refractivity (Wildman–Crippen MR) is 245 cm³/mol. The summed E-state index contributed by atoms with van der Waals surface area (Å²) in [4.78, 5) is 63.8. The Morgan fingerprint density at radius 3 is 1.94 bits per heavy atom. The average molecular weight is 868 g/mol. The summed E-state index contributed by atoms with van der Waals surface area (Å²) < 4.78 is 24.9. The Bertz CT molecular complexity index is 2120. The monoisotopic (exact) mass is 868 g/mol. The number of alkyl carbamates (subject to hydrolysis) is 1. The van der Waals surface area contributed by atoms with E-state index in [1.807, 2.05) is 76.8 Å². The standard InChI is InChI=1S/C49H66FN7O6/c1-31(62-8)52-42(48(2,3)4)46(60)56-28-12-16-41(56)44(58)53-36-23-19-33(20-24-36)40-26-25-39(57(40)37-14-10-13-34(50)29-37)32-17-21-35(22-18-32)51-30-38-15-11-27-55(38)45(59)43(49(5,6)7)54-47(61)63-9/h10,13-14,17-24,29,38-43,51H,11-12,15-16,25-28,30H2,1-9H3,(H,53,58)(H,54,61). The van der Waals surface area contributed by atoms with Crippen molar-refractivity contribution in [2.75, 3.05) is 49.4 Å². The van der Waals surface area contributed by atoms with E-state index >= 15 is 0 Å². The molecule has 0 bridgehead atoms. The van der Waals surface area contributed by atoms with Gasteiger partial charge in [-0.2, -0.15) is 0 Å². The molecule has 3 aliphatic rings. The van der Waals surface area contributed by atoms with Crippen molar-refractivity contribution in [3.63, 3.8) is 0 Å². The Morgan fingerprint density at radius 1 is 0.762 bits per heavy atom. The van der Waals surface area contributed by atoms with Crippen molar-refractivity contribution < 1.29 is 33.0 Å². The van der Waals surface area contributed by atoms with Crippen LogP contribution < -0.4 is 20.9 Å². The second-order valence-corrected chi connectivity index (χ2v) is 19.2. The van der Waals surface area contributed by atoms with Gasteiger partial charge in [0.25, 0.3) is 0 Å². The van der Waals surface area contributed by atoms with E-state index in [0.717, 1.165) is 54.6 Å². The number of amides is 4. The molecule has 0 spiro atoms. The molecule has 3 fully saturated rings. The van der Waals surface area contributed by atoms with E-state index < -0.39 is 35.0 Å². The quantitative estimate of drug-likeness (QED) is 0.122. The molecule has 0 saturated carbocycles. The number of anilines is 3. The van der Waals surface area contributed by atoms with Crippen LogP contribution in [0.25, 0.3) is 0 Å². The van der Waals surface area contributed by atoms with Gasteiger partial charge < -0.3 is 40.1 Å². The van der Waals surface area contributed by atoms with Crippen LogP contribution >= 0.6 is 0 Å². The van der Waals surface area contributed by atoms with Crippen LogP contribution in [-0.2, 0) is 23.9 Å². The molecule has 14 heteroatoms. The number of aliphatic imine (C=N–C) groups is 1. The second kappa shape index (κ2) is 19.8. The molecule has 0 aliphatic carbocycles. The summed E-state index contributed by atoms with van der Waals surface area (Å²) in [5, 5.41) is 9.35. The third-order valence-electron chi connectivity index (χ3n) is 12.6. The number of halogens is 1. The lowest BCUT2D eigenvalue weighted by molar-refractivity contribution is -0.139. The van der Waals surface area contributed by atoms with Crippen LogP contribution in [0.2, 0.25) is 0 Å². The Hall–Kier alpha value is -5.66. The van der Waals surface area contributed by atoms with Crippen LogP contribution in [0.15, 0.2) is 77.8 Å². The minimum Gasteiger partial charge on any atom is -0.484 e. The summed E-state index contributed by atoms with van der Waals surface area (Å²) in [5.41, 5.74) is 3.52. The van der Waals surface area contributed by atoms with E-state index in [1.165, 1.54) is 20.3 Å². The van der Waals surface area contributed by atoms with E-state index in [4.69, 9.17) is 9.47 Å². The van der Waals surface area contributed by atoms with Gasteiger partial charge in [0, 0.05) is 49.7 Å². The van der Waals surface area contributed by atoms with Crippen molar-refractivity contribution in [2.24, 2.45) is 15.8 Å². The molecule has 3 aromatic carbocycles. The van der Waals surface area contributed by atoms with Crippen molar-refractivity contribution in [3.05, 3.63) is 89.7 Å². The lowest BCUT2D eigenvalue weighted by atomic mass is 9.85. The molecule has 4 amide bonds. The maximum absolute atomic E-state index is 14.8. The van der Waals surface area contributed by atoms with Crippen molar-refractivity contribution in [1.82, 2.24) is 15.1 Å². The third-order valence-corrected chi connectivity index (χ3v) is 12.6. The molecule has 3 heterocycles. The van der Waals surface area contributed by atoms with E-state index in [-0.39, 0.29) is 41.7 Å². The molecule has 0 aromatic heterocycles. The number of hydrogen-bond donors (Lipinski definition) is 3. The van der Waals surface area contributed by atoms with Crippen LogP contribution in [0.5, 0.6) is 0 Å². The van der Waals surface area contributed by atoms with Gasteiger partial charge in [0.15, 0.2) is 5.90 Å². The first-order valence-electron chi connectivity index (χ1n) is 22.2. The largest absolute Gasteiger partial charge is 0.484 e. The van der Waals surface area contributed by atoms with Crippen LogP contribution in [-0.4, -0.2) is 97.5 Å². The molecular formula is C49H66FN7O6. The number of carbonyl (C=O) groups excluding carboxylic acids is 4. The van der Waals surface area contributed by atoms with Crippen LogP contribution in [0.3, 0.4) is 0 Å². The van der Waals surface area contributed by atoms with Crippen molar-refractivity contribution in [2.45, 2.75) is 123 Å². The highest BCUT2D eigenvalue weighted by atomic mass is 19.1. The minimum absolute atomic E-state index is 0.0235. The predicted octanol–water partition coefficient (Wildman–Crippen LogP) is 8.49. The Labute approximate surface area is 372 Å². The van der Waals surface area contributed by atoms with Gasteiger partial charge in [-0.25, -0.2) is 14.2 Å². The summed E-state index contributed by atoms with van der Waals surface area (Å²) in [6, 6.07) is 20.8. The fourth-order valence-electron chi connectivity index (χ4n) is 9.18. The number of nitrogens with one attached hydrogen (secondary N) is 3. The zero-order chi connectivity index (χ0) is 45.6. The normalized spacial score (nSPS) is 21.5. The SMILES string of the molecule is COC(=O)NC(C(=O)N1CCCC1CNc1ccc(C2CCC(c3ccc(NC(=O)C4CCCN4C(=O)C(N=C(C)OC)C(C)(C)C)cc3)N2c2cccc(F)c2)cc1)C(C)(C)C. The molecule has 13 nitrogen and oxygen atoms in total. The maximum Gasteiger partial charge on any atom is 0.407 e. The van der Waals surface area contributed by atoms with Crippen molar-refractivity contribution >= 4 is 46.8 Å². The van der Waals surface area contributed by atoms with Gasteiger partial charge in [-0.1, -0.05) is 71.9 Å². The summed E-state index contributed by atoms with van der Waals surface area (Å²) in [5.74, 6) is -0.417. The number of benzene rings is 3. The molecule has 63 heavy (non-hydrogen) atoms. The Kier molecular flexibility index (Phi) is 14.7. The van der Waals surface area contributed by atoms with Gasteiger partial charge in [0.05, 0.1) is 26.3 Å². The number of rotatable bonds is 12. The summed E-state index contributed by atoms with van der Waals surface area (Å²) in [6.45, 7) is 15.1. The number of likely N-dealkylation sites (tertiary alicyclic amines) is 2. The van der Waals surface area contributed by atoms with Gasteiger partial charge in [-0.15, -0.1) is 0 Å². The average Bonchev–Trinajstić information content (AvgIpc) is 4.04. The van der Waals surface area contributed by atoms with Gasteiger partial charge in [0.2, 0.25) is 17.7 Å². The second-order valence-electron chi connectivity index (χ2n) is 19.2. The Morgan fingerprint density at radius 2 is 1.37 bits per heavy atom.